The lowest BCUT2D eigenvalue weighted by atomic mass is 10.3. The molecule has 0 aromatic heterocycles. The van der Waals surface area contributed by atoms with Crippen molar-refractivity contribution in [1.29, 1.82) is 0 Å². The average molecular weight is 290 g/mol. The predicted octanol–water partition coefficient (Wildman–Crippen LogP) is 0.698. The molecule has 21 heavy (non-hydrogen) atoms. The third-order valence-corrected chi connectivity index (χ3v) is 2.69. The number of hydrogen-bond acceptors (Lipinski definition) is 5. The van der Waals surface area contributed by atoms with Gasteiger partial charge in [0, 0.05) is 34.0 Å². The second kappa shape index (κ2) is 5.95. The van der Waals surface area contributed by atoms with E-state index in [1.807, 2.05) is 0 Å². The summed E-state index contributed by atoms with van der Waals surface area (Å²) in [5.41, 5.74) is 0.419. The van der Waals surface area contributed by atoms with Gasteiger partial charge < -0.3 is 10.1 Å². The Morgan fingerprint density at radius 2 is 1.76 bits per heavy atom. The van der Waals surface area contributed by atoms with Crippen LogP contribution < -0.4 is 10.1 Å². The van der Waals surface area contributed by atoms with Gasteiger partial charge in [-0.3, -0.25) is 14.5 Å². The van der Waals surface area contributed by atoms with Crippen molar-refractivity contribution >= 4 is 23.6 Å². The summed E-state index contributed by atoms with van der Waals surface area (Å²) in [5, 5.41) is 2.28. The van der Waals surface area contributed by atoms with Crippen LogP contribution in [-0.2, 0) is 9.59 Å². The molecule has 0 radical (unpaired) electrons. The molecule has 2 rings (SSSR count). The van der Waals surface area contributed by atoms with E-state index in [-0.39, 0.29) is 12.4 Å². The van der Waals surface area contributed by atoms with Gasteiger partial charge in [-0.15, -0.1) is 0 Å². The molecule has 1 heterocycles. The van der Waals surface area contributed by atoms with Crippen molar-refractivity contribution in [3.63, 3.8) is 0 Å². The number of ether oxygens (including phenoxy) is 1. The number of benzene rings is 1. The Bertz CT molecular complexity index is 618. The summed E-state index contributed by atoms with van der Waals surface area (Å²) in [6.07, 6.45) is 1.42. The largest absolute Gasteiger partial charge is 0.414 e. The van der Waals surface area contributed by atoms with Gasteiger partial charge in [0.15, 0.2) is 7.05 Å². The lowest BCUT2D eigenvalue weighted by molar-refractivity contribution is -0.428. The molecule has 0 aliphatic carbocycles. The maximum absolute atomic E-state index is 11.5. The number of carbonyl (C=O) groups is 3. The van der Waals surface area contributed by atoms with Crippen molar-refractivity contribution in [2.24, 2.45) is 0 Å². The van der Waals surface area contributed by atoms with Crippen LogP contribution in [0.15, 0.2) is 36.4 Å². The third kappa shape index (κ3) is 3.50. The molecule has 1 N–H and O–H groups in total. The maximum Gasteiger partial charge on any atom is 0.414 e. The molecule has 0 unspecified atom stereocenters. The number of imide groups is 1. The van der Waals surface area contributed by atoms with Crippen molar-refractivity contribution < 1.29 is 23.9 Å². The molecular weight excluding hydrogens is 278 g/mol. The van der Waals surface area contributed by atoms with Crippen LogP contribution in [0.2, 0.25) is 0 Å². The molecule has 1 aliphatic rings. The van der Waals surface area contributed by atoms with Gasteiger partial charge >= 0.3 is 6.09 Å². The van der Waals surface area contributed by atoms with E-state index >= 15 is 0 Å². The Labute approximate surface area is 119 Å². The summed E-state index contributed by atoms with van der Waals surface area (Å²) in [6.45, 7) is -0.273. The normalized spacial score (nSPS) is 13.5. The quantitative estimate of drug-likeness (QED) is 0.650. The van der Waals surface area contributed by atoms with Gasteiger partial charge in [0.25, 0.3) is 17.5 Å². The van der Waals surface area contributed by atoms with Crippen LogP contribution in [0.1, 0.15) is 0 Å². The van der Waals surface area contributed by atoms with Gasteiger partial charge in [0.05, 0.1) is 0 Å². The Morgan fingerprint density at radius 1 is 1.19 bits per heavy atom. The number of carbonyl (C=O) groups excluding carboxylic acids is 3. The molecule has 0 bridgehead atoms. The van der Waals surface area contributed by atoms with E-state index in [0.717, 1.165) is 17.1 Å². The average Bonchev–Trinajstić information content (AvgIpc) is 2.76. The first-order valence-corrected chi connectivity index (χ1v) is 5.97. The zero-order chi connectivity index (χ0) is 15.4. The fraction of sp³-hybridized carbons (Fsp3) is 0.154. The molecule has 8 heteroatoms. The standard InChI is InChI=1S/C13H11N3O5/c1-15(20)9-2-4-10(5-3-9)21-13(19)14-8-16-11(17)6-7-12(16)18/h2-7H,8H2,1H3/p+1. The second-order valence-electron chi connectivity index (χ2n) is 4.15. The molecule has 1 aromatic carbocycles. The molecule has 0 atom stereocenters. The van der Waals surface area contributed by atoms with Gasteiger partial charge in [-0.25, -0.2) is 4.79 Å². The summed E-state index contributed by atoms with van der Waals surface area (Å²) in [6, 6.07) is 5.90. The van der Waals surface area contributed by atoms with E-state index in [9.17, 15) is 19.3 Å². The number of nitrogens with one attached hydrogen (secondary N) is 1. The Kier molecular flexibility index (Phi) is 4.07. The van der Waals surface area contributed by atoms with E-state index in [0.29, 0.717) is 10.4 Å². The minimum Gasteiger partial charge on any atom is -0.410 e. The smallest absolute Gasteiger partial charge is 0.410 e. The lowest BCUT2D eigenvalue weighted by Crippen LogP contribution is -2.42. The molecule has 3 amide bonds. The summed E-state index contributed by atoms with van der Waals surface area (Å²) in [4.78, 5) is 45.9. The van der Waals surface area contributed by atoms with Gasteiger partial charge in [0.1, 0.15) is 12.4 Å². The van der Waals surface area contributed by atoms with Gasteiger partial charge in [0.2, 0.25) is 0 Å². The first kappa shape index (κ1) is 14.4. The maximum atomic E-state index is 11.5. The molecule has 0 saturated carbocycles. The molecule has 108 valence electrons. The highest BCUT2D eigenvalue weighted by Gasteiger charge is 2.23. The lowest BCUT2D eigenvalue weighted by Gasteiger charge is -2.14. The molecule has 0 fully saturated rings. The molecule has 1 aliphatic heterocycles. The van der Waals surface area contributed by atoms with Crippen molar-refractivity contribution in [3.8, 4) is 5.75 Å². The van der Waals surface area contributed by atoms with Crippen molar-refractivity contribution in [2.75, 3.05) is 13.7 Å². The van der Waals surface area contributed by atoms with Gasteiger partial charge in [-0.2, -0.15) is 0 Å². The number of amides is 3. The van der Waals surface area contributed by atoms with Gasteiger partial charge in [-0.05, 0) is 12.1 Å². The zero-order valence-corrected chi connectivity index (χ0v) is 11.1. The van der Waals surface area contributed by atoms with Crippen LogP contribution in [0.3, 0.4) is 0 Å². The SMILES string of the molecule is C[N+](=O)c1ccc(OC(=O)NCN2C(=O)C=CC2=O)cc1. The Morgan fingerprint density at radius 3 is 2.29 bits per heavy atom. The zero-order valence-electron chi connectivity index (χ0n) is 11.1. The predicted molar refractivity (Wildman–Crippen MR) is 70.7 cm³/mol. The third-order valence-electron chi connectivity index (χ3n) is 2.69. The van der Waals surface area contributed by atoms with Crippen LogP contribution in [0, 0.1) is 4.91 Å². The Hall–Kier alpha value is -3.03. The fourth-order valence-electron chi connectivity index (χ4n) is 1.60. The number of nitrogens with zero attached hydrogens (tertiary/aromatic N) is 2. The number of hydrogen-bond donors (Lipinski definition) is 1. The fourth-order valence-corrected chi connectivity index (χ4v) is 1.60. The van der Waals surface area contributed by atoms with Crippen LogP contribution >= 0.6 is 0 Å². The minimum atomic E-state index is -0.814. The van der Waals surface area contributed by atoms with Crippen molar-refractivity contribution in [1.82, 2.24) is 10.2 Å². The van der Waals surface area contributed by atoms with Gasteiger partial charge in [-0.1, -0.05) is 0 Å². The minimum absolute atomic E-state index is 0.232. The highest BCUT2D eigenvalue weighted by Crippen LogP contribution is 2.16. The van der Waals surface area contributed by atoms with Crippen molar-refractivity contribution in [3.05, 3.63) is 41.3 Å². The van der Waals surface area contributed by atoms with E-state index in [2.05, 4.69) is 5.32 Å². The second-order valence-corrected chi connectivity index (χ2v) is 4.15. The van der Waals surface area contributed by atoms with E-state index < -0.39 is 17.9 Å². The molecule has 0 spiro atoms. The summed E-state index contributed by atoms with van der Waals surface area (Å²) < 4.78 is 5.61. The van der Waals surface area contributed by atoms with Crippen LogP contribution in [0.5, 0.6) is 5.75 Å². The monoisotopic (exact) mass is 290 g/mol. The number of rotatable bonds is 4. The first-order chi connectivity index (χ1) is 9.97. The van der Waals surface area contributed by atoms with E-state index in [1.165, 1.54) is 31.3 Å². The molecule has 1 aromatic rings. The van der Waals surface area contributed by atoms with E-state index in [4.69, 9.17) is 4.74 Å². The summed E-state index contributed by atoms with van der Waals surface area (Å²) in [7, 11) is 1.35. The molecule has 0 saturated heterocycles. The topological polar surface area (TPSA) is 95.8 Å². The molecule has 8 nitrogen and oxygen atoms in total. The van der Waals surface area contributed by atoms with Crippen LogP contribution in [0.4, 0.5) is 10.5 Å². The van der Waals surface area contributed by atoms with Crippen molar-refractivity contribution in [2.45, 2.75) is 0 Å². The molecular formula is C13H12N3O5+. The summed E-state index contributed by atoms with van der Waals surface area (Å²) in [5.74, 6) is -0.762. The number of nitroso groups, excluding NO2 is 1. The first-order valence-electron chi connectivity index (χ1n) is 5.97. The Balaban J connectivity index is 1.86. The highest BCUT2D eigenvalue weighted by atomic mass is 16.6. The van der Waals surface area contributed by atoms with Crippen LogP contribution in [-0.4, -0.2) is 41.3 Å². The van der Waals surface area contributed by atoms with E-state index in [1.54, 1.807) is 0 Å². The summed E-state index contributed by atoms with van der Waals surface area (Å²) >= 11 is 0. The van der Waals surface area contributed by atoms with Crippen LogP contribution in [0.25, 0.3) is 0 Å². The highest BCUT2D eigenvalue weighted by molar-refractivity contribution is 6.12.